The van der Waals surface area contributed by atoms with E-state index in [0.717, 1.165) is 49.9 Å². The van der Waals surface area contributed by atoms with Gasteiger partial charge in [0.1, 0.15) is 6.04 Å². The van der Waals surface area contributed by atoms with Crippen LogP contribution in [-0.4, -0.2) is 28.9 Å². The highest BCUT2D eigenvalue weighted by Gasteiger charge is 2.47. The molecule has 5 heteroatoms. The Balaban J connectivity index is 1.59. The second kappa shape index (κ2) is 6.77. The summed E-state index contributed by atoms with van der Waals surface area (Å²) in [5.41, 5.74) is 1.80. The maximum atomic E-state index is 13.2. The van der Waals surface area contributed by atoms with Gasteiger partial charge in [0.25, 0.3) is 0 Å². The number of rotatable bonds is 5. The Kier molecular flexibility index (Phi) is 4.48. The number of nitrogens with one attached hydrogen (secondary N) is 1. The van der Waals surface area contributed by atoms with Crippen molar-refractivity contribution in [1.29, 1.82) is 0 Å². The topological polar surface area (TPSA) is 45.2 Å². The molecule has 1 saturated heterocycles. The van der Waals surface area contributed by atoms with Gasteiger partial charge >= 0.3 is 0 Å². The fraction of sp³-hybridized carbons (Fsp3) is 0.400. The molecule has 4 rings (SSSR count). The normalized spacial score (nSPS) is 20.2. The summed E-state index contributed by atoms with van der Waals surface area (Å²) in [6.07, 6.45) is 7.75. The highest BCUT2D eigenvalue weighted by atomic mass is 35.5. The summed E-state index contributed by atoms with van der Waals surface area (Å²) in [5.74, 6) is 0.0624. The molecule has 0 bridgehead atoms. The van der Waals surface area contributed by atoms with Crippen LogP contribution in [0.4, 0.5) is 0 Å². The first-order chi connectivity index (χ1) is 12.2. The standard InChI is InChI=1S/C20H22ClN3O/c21-17-7-3-6-16(13-17)20(8-9-20)23-19(25)18(24-11-1-2-12-24)15-5-4-10-22-14-15/h3-7,10,13-14,18H,1-2,8-9,11-12H2,(H,23,25)/t18-/m1/s1. The van der Waals surface area contributed by atoms with Crippen molar-refractivity contribution in [3.63, 3.8) is 0 Å². The van der Waals surface area contributed by atoms with Gasteiger partial charge in [-0.15, -0.1) is 0 Å². The highest BCUT2D eigenvalue weighted by Crippen LogP contribution is 2.46. The molecule has 2 heterocycles. The Morgan fingerprint density at radius 1 is 1.20 bits per heavy atom. The van der Waals surface area contributed by atoms with Gasteiger partial charge in [-0.05, 0) is 68.1 Å². The molecule has 1 atom stereocenters. The van der Waals surface area contributed by atoms with E-state index in [2.05, 4.69) is 15.2 Å². The molecule has 1 amide bonds. The zero-order valence-corrected chi connectivity index (χ0v) is 14.9. The van der Waals surface area contributed by atoms with E-state index < -0.39 is 0 Å². The van der Waals surface area contributed by atoms with Gasteiger partial charge in [-0.1, -0.05) is 29.8 Å². The molecule has 25 heavy (non-hydrogen) atoms. The number of hydrogen-bond acceptors (Lipinski definition) is 3. The first kappa shape index (κ1) is 16.6. The van der Waals surface area contributed by atoms with Crippen LogP contribution in [0.15, 0.2) is 48.8 Å². The lowest BCUT2D eigenvalue weighted by Gasteiger charge is -2.29. The van der Waals surface area contributed by atoms with Crippen molar-refractivity contribution in [3.8, 4) is 0 Å². The van der Waals surface area contributed by atoms with E-state index in [-0.39, 0.29) is 17.5 Å². The third kappa shape index (κ3) is 3.42. The van der Waals surface area contributed by atoms with Crippen LogP contribution < -0.4 is 5.32 Å². The number of pyridine rings is 1. The van der Waals surface area contributed by atoms with Gasteiger partial charge in [0, 0.05) is 17.4 Å². The van der Waals surface area contributed by atoms with Gasteiger partial charge in [-0.3, -0.25) is 14.7 Å². The average Bonchev–Trinajstić information content (AvgIpc) is 3.20. The fourth-order valence-corrected chi connectivity index (χ4v) is 3.96. The van der Waals surface area contributed by atoms with Gasteiger partial charge in [0.15, 0.2) is 0 Å². The highest BCUT2D eigenvalue weighted by molar-refractivity contribution is 6.30. The van der Waals surface area contributed by atoms with E-state index >= 15 is 0 Å². The van der Waals surface area contributed by atoms with Gasteiger partial charge in [-0.25, -0.2) is 0 Å². The van der Waals surface area contributed by atoms with Crippen molar-refractivity contribution >= 4 is 17.5 Å². The molecule has 1 aliphatic heterocycles. The lowest BCUT2D eigenvalue weighted by molar-refractivity contribution is -0.127. The third-order valence-electron chi connectivity index (χ3n) is 5.24. The number of carbonyl (C=O) groups excluding carboxylic acids is 1. The molecular formula is C20H22ClN3O. The molecule has 1 aromatic heterocycles. The number of nitrogens with zero attached hydrogens (tertiary/aromatic N) is 2. The maximum absolute atomic E-state index is 13.2. The quantitative estimate of drug-likeness (QED) is 0.889. The van der Waals surface area contributed by atoms with Crippen LogP contribution in [0.5, 0.6) is 0 Å². The fourth-order valence-electron chi connectivity index (χ4n) is 3.77. The Hall–Kier alpha value is -1.91. The van der Waals surface area contributed by atoms with Crippen LogP contribution >= 0.6 is 11.6 Å². The maximum Gasteiger partial charge on any atom is 0.242 e. The summed E-state index contributed by atoms with van der Waals surface area (Å²) < 4.78 is 0. The Bertz CT molecular complexity index is 755. The molecule has 2 aromatic rings. The third-order valence-corrected chi connectivity index (χ3v) is 5.48. The second-order valence-electron chi connectivity index (χ2n) is 7.01. The monoisotopic (exact) mass is 355 g/mol. The van der Waals surface area contributed by atoms with Crippen molar-refractivity contribution in [2.45, 2.75) is 37.3 Å². The number of halogens is 1. The zero-order chi connectivity index (χ0) is 17.3. The molecule has 1 N–H and O–H groups in total. The average molecular weight is 356 g/mol. The number of benzene rings is 1. The Morgan fingerprint density at radius 2 is 2.00 bits per heavy atom. The number of aromatic nitrogens is 1. The van der Waals surface area contributed by atoms with Gasteiger partial charge in [0.05, 0.1) is 5.54 Å². The minimum absolute atomic E-state index is 0.0624. The molecule has 1 aliphatic carbocycles. The number of hydrogen-bond donors (Lipinski definition) is 1. The van der Waals surface area contributed by atoms with Crippen LogP contribution in [-0.2, 0) is 10.3 Å². The zero-order valence-electron chi connectivity index (χ0n) is 14.1. The van der Waals surface area contributed by atoms with Gasteiger partial charge in [0.2, 0.25) is 5.91 Å². The number of amides is 1. The van der Waals surface area contributed by atoms with Crippen molar-refractivity contribution in [3.05, 3.63) is 64.9 Å². The first-order valence-corrected chi connectivity index (χ1v) is 9.28. The number of carbonyl (C=O) groups is 1. The summed E-state index contributed by atoms with van der Waals surface area (Å²) in [7, 11) is 0. The minimum Gasteiger partial charge on any atom is -0.345 e. The molecule has 4 nitrogen and oxygen atoms in total. The smallest absolute Gasteiger partial charge is 0.242 e. The van der Waals surface area contributed by atoms with Crippen molar-refractivity contribution in [1.82, 2.24) is 15.2 Å². The van der Waals surface area contributed by atoms with E-state index in [1.807, 2.05) is 42.6 Å². The minimum atomic E-state index is -0.271. The molecule has 1 saturated carbocycles. The summed E-state index contributed by atoms with van der Waals surface area (Å²) in [5, 5.41) is 4.03. The van der Waals surface area contributed by atoms with E-state index in [4.69, 9.17) is 11.6 Å². The molecule has 2 aliphatic rings. The summed E-state index contributed by atoms with van der Waals surface area (Å²) >= 11 is 6.15. The van der Waals surface area contributed by atoms with E-state index in [0.29, 0.717) is 5.02 Å². The van der Waals surface area contributed by atoms with Crippen LogP contribution in [0.25, 0.3) is 0 Å². The van der Waals surface area contributed by atoms with Crippen LogP contribution in [0.1, 0.15) is 42.9 Å². The van der Waals surface area contributed by atoms with Gasteiger partial charge in [-0.2, -0.15) is 0 Å². The molecule has 1 aromatic carbocycles. The van der Waals surface area contributed by atoms with Gasteiger partial charge < -0.3 is 5.32 Å². The van der Waals surface area contributed by atoms with E-state index in [1.54, 1.807) is 6.20 Å². The van der Waals surface area contributed by atoms with Crippen LogP contribution in [0.2, 0.25) is 5.02 Å². The lowest BCUT2D eigenvalue weighted by Crippen LogP contribution is -2.44. The van der Waals surface area contributed by atoms with Crippen molar-refractivity contribution in [2.75, 3.05) is 13.1 Å². The Morgan fingerprint density at radius 3 is 2.64 bits per heavy atom. The Labute approximate surface area is 153 Å². The molecule has 130 valence electrons. The predicted octanol–water partition coefficient (Wildman–Crippen LogP) is 3.68. The van der Waals surface area contributed by atoms with Crippen molar-refractivity contribution in [2.24, 2.45) is 0 Å². The largest absolute Gasteiger partial charge is 0.345 e. The van der Waals surface area contributed by atoms with E-state index in [1.165, 1.54) is 0 Å². The molecule has 0 spiro atoms. The predicted molar refractivity (Wildman–Crippen MR) is 98.3 cm³/mol. The molecule has 0 unspecified atom stereocenters. The lowest BCUT2D eigenvalue weighted by atomic mass is 10.0. The molecule has 0 radical (unpaired) electrons. The summed E-state index contributed by atoms with van der Waals surface area (Å²) in [6, 6.07) is 11.4. The van der Waals surface area contributed by atoms with Crippen molar-refractivity contribution < 1.29 is 4.79 Å². The summed E-state index contributed by atoms with van der Waals surface area (Å²) in [6.45, 7) is 1.91. The SMILES string of the molecule is O=C(NC1(c2cccc(Cl)c2)CC1)[C@@H](c1cccnc1)N1CCCC1. The van der Waals surface area contributed by atoms with Crippen LogP contribution in [0, 0.1) is 0 Å². The second-order valence-corrected chi connectivity index (χ2v) is 7.45. The molecule has 2 fully saturated rings. The summed E-state index contributed by atoms with van der Waals surface area (Å²) in [4.78, 5) is 19.7. The number of likely N-dealkylation sites (tertiary alicyclic amines) is 1. The van der Waals surface area contributed by atoms with E-state index in [9.17, 15) is 4.79 Å². The van der Waals surface area contributed by atoms with Crippen LogP contribution in [0.3, 0.4) is 0 Å². The molecular weight excluding hydrogens is 334 g/mol. The first-order valence-electron chi connectivity index (χ1n) is 8.90.